The predicted molar refractivity (Wildman–Crippen MR) is 118 cm³/mol. The van der Waals surface area contributed by atoms with Gasteiger partial charge in [0.1, 0.15) is 11.4 Å². The molecule has 2 aliphatic rings. The lowest BCUT2D eigenvalue weighted by molar-refractivity contribution is -0.115. The van der Waals surface area contributed by atoms with Crippen LogP contribution in [0.15, 0.2) is 48.8 Å². The van der Waals surface area contributed by atoms with E-state index < -0.39 is 0 Å². The Labute approximate surface area is 182 Å². The van der Waals surface area contributed by atoms with Gasteiger partial charge in [-0.05, 0) is 42.7 Å². The maximum absolute atomic E-state index is 13.1. The van der Waals surface area contributed by atoms with E-state index in [1.807, 2.05) is 41.4 Å². The average Bonchev–Trinajstić information content (AvgIpc) is 3.23. The molecular weight excluding hydrogens is 392 g/mol. The summed E-state index contributed by atoms with van der Waals surface area (Å²) in [5.74, 6) is 0.844. The topological polar surface area (TPSA) is 70.7 Å². The van der Waals surface area contributed by atoms with Gasteiger partial charge in [0.25, 0.3) is 5.91 Å². The van der Waals surface area contributed by atoms with Crippen LogP contribution in [0.25, 0.3) is 10.9 Å². The molecule has 1 amide bonds. The van der Waals surface area contributed by atoms with Gasteiger partial charge in [-0.3, -0.25) is 14.7 Å². The number of nitrogens with one attached hydrogen (secondary N) is 1. The van der Waals surface area contributed by atoms with Crippen molar-refractivity contribution >= 4 is 16.8 Å². The Morgan fingerprint density at radius 2 is 2.00 bits per heavy atom. The molecule has 1 N–H and O–H groups in total. The van der Waals surface area contributed by atoms with Crippen LogP contribution in [0.5, 0.6) is 5.75 Å². The number of amides is 1. The molecule has 2 aliphatic heterocycles. The monoisotopic (exact) mass is 420 g/mol. The number of nitrogens with zero attached hydrogens (tertiary/aromatic N) is 3. The Bertz CT molecular complexity index is 1060. The first-order chi connectivity index (χ1) is 15.2. The van der Waals surface area contributed by atoms with Gasteiger partial charge >= 0.3 is 0 Å². The molecular formula is C24H28N4O3. The number of pyridine rings is 1. The van der Waals surface area contributed by atoms with E-state index in [1.54, 1.807) is 20.4 Å². The van der Waals surface area contributed by atoms with E-state index in [4.69, 9.17) is 9.47 Å². The third kappa shape index (κ3) is 3.68. The molecule has 0 saturated carbocycles. The second-order valence-electron chi connectivity index (χ2n) is 8.36. The smallest absolute Gasteiger partial charge is 0.270 e. The van der Waals surface area contributed by atoms with Gasteiger partial charge in [0.15, 0.2) is 0 Å². The SMILES string of the molecule is COc1ccc2cc(C(=O)N3CCC(N4C[C@H](OC)[C@@H]4c4cccnc4)CC3)[nH]c2c1. The van der Waals surface area contributed by atoms with Crippen molar-refractivity contribution in [2.75, 3.05) is 33.9 Å². The summed E-state index contributed by atoms with van der Waals surface area (Å²) in [5.41, 5.74) is 2.76. The van der Waals surface area contributed by atoms with E-state index >= 15 is 0 Å². The average molecular weight is 421 g/mol. The number of likely N-dealkylation sites (tertiary alicyclic amines) is 2. The summed E-state index contributed by atoms with van der Waals surface area (Å²) in [7, 11) is 3.43. The Morgan fingerprint density at radius 1 is 1.16 bits per heavy atom. The van der Waals surface area contributed by atoms with Crippen molar-refractivity contribution in [2.24, 2.45) is 0 Å². The second-order valence-corrected chi connectivity index (χ2v) is 8.36. The molecule has 4 heterocycles. The summed E-state index contributed by atoms with van der Waals surface area (Å²) >= 11 is 0. The van der Waals surface area contributed by atoms with Gasteiger partial charge in [0.05, 0.1) is 19.3 Å². The van der Waals surface area contributed by atoms with Crippen molar-refractivity contribution in [1.82, 2.24) is 19.8 Å². The number of fused-ring (bicyclic) bond motifs is 1. The highest BCUT2D eigenvalue weighted by atomic mass is 16.5. The number of ether oxygens (including phenoxy) is 2. The number of hydrogen-bond acceptors (Lipinski definition) is 5. The van der Waals surface area contributed by atoms with Gasteiger partial charge < -0.3 is 19.4 Å². The number of piperidine rings is 1. The van der Waals surface area contributed by atoms with E-state index in [1.165, 1.54) is 5.56 Å². The molecule has 2 atom stereocenters. The first-order valence-corrected chi connectivity index (χ1v) is 10.8. The number of aromatic amines is 1. The quantitative estimate of drug-likeness (QED) is 0.686. The zero-order chi connectivity index (χ0) is 21.4. The fourth-order valence-electron chi connectivity index (χ4n) is 4.95. The summed E-state index contributed by atoms with van der Waals surface area (Å²) < 4.78 is 11.0. The third-order valence-electron chi connectivity index (χ3n) is 6.71. The molecule has 31 heavy (non-hydrogen) atoms. The molecule has 0 bridgehead atoms. The highest BCUT2D eigenvalue weighted by Gasteiger charge is 2.44. The molecule has 0 radical (unpaired) electrons. The van der Waals surface area contributed by atoms with Crippen LogP contribution in [0.2, 0.25) is 0 Å². The van der Waals surface area contributed by atoms with Gasteiger partial charge in [-0.1, -0.05) is 6.07 Å². The number of methoxy groups -OCH3 is 2. The lowest BCUT2D eigenvalue weighted by Crippen LogP contribution is -2.60. The van der Waals surface area contributed by atoms with Crippen molar-refractivity contribution in [3.05, 3.63) is 60.0 Å². The van der Waals surface area contributed by atoms with Crippen molar-refractivity contribution in [1.29, 1.82) is 0 Å². The first kappa shape index (κ1) is 20.0. The number of H-pyrrole nitrogens is 1. The van der Waals surface area contributed by atoms with Gasteiger partial charge in [-0.2, -0.15) is 0 Å². The van der Waals surface area contributed by atoms with Crippen molar-refractivity contribution in [3.8, 4) is 5.75 Å². The van der Waals surface area contributed by atoms with Gasteiger partial charge in [0.2, 0.25) is 0 Å². The van der Waals surface area contributed by atoms with Gasteiger partial charge in [-0.25, -0.2) is 0 Å². The minimum absolute atomic E-state index is 0.0656. The first-order valence-electron chi connectivity index (χ1n) is 10.8. The van der Waals surface area contributed by atoms with Crippen LogP contribution in [-0.2, 0) is 4.74 Å². The fourth-order valence-corrected chi connectivity index (χ4v) is 4.95. The largest absolute Gasteiger partial charge is 0.497 e. The Balaban J connectivity index is 1.24. The van der Waals surface area contributed by atoms with E-state index in [9.17, 15) is 4.79 Å². The maximum atomic E-state index is 13.1. The number of carbonyl (C=O) groups is 1. The molecule has 0 spiro atoms. The van der Waals surface area contributed by atoms with Gasteiger partial charge in [-0.15, -0.1) is 0 Å². The normalized spacial score (nSPS) is 22.5. The van der Waals surface area contributed by atoms with Crippen molar-refractivity contribution in [3.63, 3.8) is 0 Å². The van der Waals surface area contributed by atoms with Crippen LogP contribution < -0.4 is 4.74 Å². The second kappa shape index (κ2) is 8.32. The van der Waals surface area contributed by atoms with Crippen LogP contribution in [0.4, 0.5) is 0 Å². The minimum atomic E-state index is 0.0656. The lowest BCUT2D eigenvalue weighted by Gasteiger charge is -2.52. The van der Waals surface area contributed by atoms with E-state index in [2.05, 4.69) is 20.9 Å². The van der Waals surface area contributed by atoms with Crippen molar-refractivity contribution < 1.29 is 14.3 Å². The Hall–Kier alpha value is -2.90. The number of benzene rings is 1. The summed E-state index contributed by atoms with van der Waals surface area (Å²) in [6, 6.07) is 12.5. The molecule has 7 heteroatoms. The lowest BCUT2D eigenvalue weighted by atomic mass is 9.87. The minimum Gasteiger partial charge on any atom is -0.497 e. The zero-order valence-corrected chi connectivity index (χ0v) is 18.0. The zero-order valence-electron chi connectivity index (χ0n) is 18.0. The fraction of sp³-hybridized carbons (Fsp3) is 0.417. The third-order valence-corrected chi connectivity index (χ3v) is 6.71. The molecule has 162 valence electrons. The molecule has 3 aromatic rings. The maximum Gasteiger partial charge on any atom is 0.270 e. The van der Waals surface area contributed by atoms with Crippen LogP contribution in [0.1, 0.15) is 34.9 Å². The summed E-state index contributed by atoms with van der Waals surface area (Å²) in [6.07, 6.45) is 5.87. The van der Waals surface area contributed by atoms with E-state index in [0.29, 0.717) is 11.7 Å². The van der Waals surface area contributed by atoms with Crippen molar-refractivity contribution in [2.45, 2.75) is 31.0 Å². The molecule has 1 aromatic carbocycles. The molecule has 7 nitrogen and oxygen atoms in total. The summed E-state index contributed by atoms with van der Waals surface area (Å²) in [6.45, 7) is 2.45. The van der Waals surface area contributed by atoms with Gasteiger partial charge in [0, 0.05) is 62.1 Å². The molecule has 2 aromatic heterocycles. The molecule has 2 saturated heterocycles. The summed E-state index contributed by atoms with van der Waals surface area (Å²) in [4.78, 5) is 25.1. The van der Waals surface area contributed by atoms with Crippen LogP contribution >= 0.6 is 0 Å². The number of aromatic nitrogens is 2. The highest BCUT2D eigenvalue weighted by molar-refractivity contribution is 5.98. The molecule has 0 unspecified atom stereocenters. The number of carbonyl (C=O) groups excluding carboxylic acids is 1. The van der Waals surface area contributed by atoms with Crippen LogP contribution in [0, 0.1) is 0 Å². The standard InChI is InChI=1S/C24H28N4O3/c1-30-19-6-5-16-12-21(26-20(16)13-19)24(29)27-10-7-18(8-11-27)28-15-22(31-2)23(28)17-4-3-9-25-14-17/h3-6,9,12-14,18,22-23,26H,7-8,10-11,15H2,1-2H3/t22-,23-/m0/s1. The van der Waals surface area contributed by atoms with E-state index in [-0.39, 0.29) is 18.1 Å². The van der Waals surface area contributed by atoms with Crippen LogP contribution in [-0.4, -0.2) is 71.7 Å². The molecule has 5 rings (SSSR count). The number of hydrogen-bond donors (Lipinski definition) is 1. The number of rotatable bonds is 5. The summed E-state index contributed by atoms with van der Waals surface area (Å²) in [5, 5.41) is 1.02. The van der Waals surface area contributed by atoms with E-state index in [0.717, 1.165) is 49.1 Å². The van der Waals surface area contributed by atoms with Crippen LogP contribution in [0.3, 0.4) is 0 Å². The molecule has 2 fully saturated rings. The Morgan fingerprint density at radius 3 is 2.71 bits per heavy atom. The highest BCUT2D eigenvalue weighted by Crippen LogP contribution is 2.39. The Kier molecular flexibility index (Phi) is 5.38. The molecule has 0 aliphatic carbocycles. The predicted octanol–water partition coefficient (Wildman–Crippen LogP) is 3.25.